The van der Waals surface area contributed by atoms with Crippen molar-refractivity contribution in [3.63, 3.8) is 0 Å². The first kappa shape index (κ1) is 21.2. The highest BCUT2D eigenvalue weighted by molar-refractivity contribution is 6.31. The van der Waals surface area contributed by atoms with E-state index in [2.05, 4.69) is 20.2 Å². The van der Waals surface area contributed by atoms with Crippen LogP contribution in [0.5, 0.6) is 0 Å². The normalized spacial score (nSPS) is 14.9. The molecule has 31 heavy (non-hydrogen) atoms. The molecule has 1 N–H and O–H groups in total. The lowest BCUT2D eigenvalue weighted by Gasteiger charge is -2.26. The van der Waals surface area contributed by atoms with Crippen LogP contribution >= 0.6 is 11.6 Å². The molecule has 0 atom stereocenters. The lowest BCUT2D eigenvalue weighted by atomic mass is 10.2. The van der Waals surface area contributed by atoms with Gasteiger partial charge in [-0.2, -0.15) is 0 Å². The van der Waals surface area contributed by atoms with Gasteiger partial charge in [-0.1, -0.05) is 17.7 Å². The van der Waals surface area contributed by atoms with Crippen LogP contribution in [0.15, 0.2) is 42.5 Å². The Kier molecular flexibility index (Phi) is 6.71. The van der Waals surface area contributed by atoms with E-state index in [0.29, 0.717) is 10.8 Å². The number of nitro benzene ring substituents is 1. The van der Waals surface area contributed by atoms with Crippen LogP contribution in [0, 0.1) is 10.1 Å². The number of ether oxygens (including phenoxy) is 1. The van der Waals surface area contributed by atoms with Crippen LogP contribution in [-0.2, 0) is 4.74 Å². The van der Waals surface area contributed by atoms with Gasteiger partial charge in [0.15, 0.2) is 5.82 Å². The van der Waals surface area contributed by atoms with Gasteiger partial charge in [0.25, 0.3) is 5.69 Å². The summed E-state index contributed by atoms with van der Waals surface area (Å²) in [6.45, 7) is 5.03. The number of rotatable bonds is 7. The number of nitrogens with one attached hydrogen (secondary N) is 1. The van der Waals surface area contributed by atoms with E-state index >= 15 is 0 Å². The summed E-state index contributed by atoms with van der Waals surface area (Å²) in [6, 6.07) is 11.9. The summed E-state index contributed by atoms with van der Waals surface area (Å²) < 4.78 is 5.39. The maximum absolute atomic E-state index is 10.8. The molecule has 0 aliphatic carbocycles. The molecule has 4 rings (SSSR count). The lowest BCUT2D eigenvalue weighted by Crippen LogP contribution is -2.39. The highest BCUT2D eigenvalue weighted by atomic mass is 35.5. The number of nitrogens with zero attached hydrogens (tertiary/aromatic N) is 4. The third-order valence-corrected chi connectivity index (χ3v) is 5.26. The molecule has 0 radical (unpaired) electrons. The molecule has 3 aromatic rings. The Morgan fingerprint density at radius 1 is 1.13 bits per heavy atom. The third-order valence-electron chi connectivity index (χ3n) is 5.03. The molecule has 0 bridgehead atoms. The fraction of sp³-hybridized carbons (Fsp3) is 0.273. The number of hydrogen-bond acceptors (Lipinski definition) is 7. The molecule has 160 valence electrons. The van der Waals surface area contributed by atoms with Crippen molar-refractivity contribution in [3.05, 3.63) is 69.0 Å². The van der Waals surface area contributed by atoms with Gasteiger partial charge in [-0.3, -0.25) is 15.0 Å². The van der Waals surface area contributed by atoms with Gasteiger partial charge in [0.2, 0.25) is 0 Å². The van der Waals surface area contributed by atoms with E-state index < -0.39 is 4.92 Å². The Bertz CT molecular complexity index is 1100. The van der Waals surface area contributed by atoms with E-state index in [1.165, 1.54) is 12.1 Å². The number of anilines is 1. The minimum Gasteiger partial charge on any atom is -0.379 e. The fourth-order valence-corrected chi connectivity index (χ4v) is 3.54. The van der Waals surface area contributed by atoms with Gasteiger partial charge in [-0.15, -0.1) is 0 Å². The van der Waals surface area contributed by atoms with E-state index in [0.717, 1.165) is 61.7 Å². The summed E-state index contributed by atoms with van der Waals surface area (Å²) in [4.78, 5) is 22.0. The van der Waals surface area contributed by atoms with Gasteiger partial charge >= 0.3 is 0 Å². The molecule has 9 heteroatoms. The van der Waals surface area contributed by atoms with Crippen molar-refractivity contribution in [1.29, 1.82) is 0 Å². The first-order chi connectivity index (χ1) is 15.1. The Hall–Kier alpha value is -3.07. The minimum atomic E-state index is -0.417. The predicted molar refractivity (Wildman–Crippen MR) is 122 cm³/mol. The molecular weight excluding hydrogens is 418 g/mol. The Labute approximate surface area is 184 Å². The standard InChI is InChI=1S/C22H22ClN5O3/c23-17-4-7-20-19(15-17)22(24-9-10-27-11-13-31-14-12-27)26-21(25-20)8-3-16-1-5-18(6-2-16)28(29)30/h1-8,15H,9-14H2,(H,24,25,26)/b8-3+. The first-order valence-electron chi connectivity index (χ1n) is 10.0. The van der Waals surface area contributed by atoms with Crippen LogP contribution in [0.1, 0.15) is 11.4 Å². The molecule has 1 aliphatic rings. The van der Waals surface area contributed by atoms with E-state index in [9.17, 15) is 10.1 Å². The molecule has 0 saturated carbocycles. The molecule has 8 nitrogen and oxygen atoms in total. The van der Waals surface area contributed by atoms with Gasteiger partial charge in [-0.25, -0.2) is 9.97 Å². The molecular formula is C22H22ClN5O3. The van der Waals surface area contributed by atoms with Crippen LogP contribution in [0.2, 0.25) is 5.02 Å². The molecule has 1 saturated heterocycles. The average Bonchev–Trinajstić information content (AvgIpc) is 2.79. The zero-order valence-corrected chi connectivity index (χ0v) is 17.6. The van der Waals surface area contributed by atoms with Crippen molar-refractivity contribution in [2.24, 2.45) is 0 Å². The number of halogens is 1. The van der Waals surface area contributed by atoms with Crippen molar-refractivity contribution >= 4 is 46.2 Å². The zero-order chi connectivity index (χ0) is 21.6. The summed E-state index contributed by atoms with van der Waals surface area (Å²) in [7, 11) is 0. The summed E-state index contributed by atoms with van der Waals surface area (Å²) >= 11 is 6.20. The number of aromatic nitrogens is 2. The zero-order valence-electron chi connectivity index (χ0n) is 16.8. The van der Waals surface area contributed by atoms with Crippen molar-refractivity contribution < 1.29 is 9.66 Å². The Morgan fingerprint density at radius 2 is 1.90 bits per heavy atom. The molecule has 2 aromatic carbocycles. The molecule has 0 amide bonds. The van der Waals surface area contributed by atoms with Crippen LogP contribution in [0.3, 0.4) is 0 Å². The molecule has 2 heterocycles. The Morgan fingerprint density at radius 3 is 2.65 bits per heavy atom. The van der Waals surface area contributed by atoms with Gasteiger partial charge < -0.3 is 10.1 Å². The van der Waals surface area contributed by atoms with Crippen molar-refractivity contribution in [2.75, 3.05) is 44.7 Å². The molecule has 0 spiro atoms. The molecule has 1 aliphatic heterocycles. The third kappa shape index (κ3) is 5.55. The number of morpholine rings is 1. The second-order valence-electron chi connectivity index (χ2n) is 7.15. The van der Waals surface area contributed by atoms with Gasteiger partial charge in [-0.05, 0) is 42.0 Å². The van der Waals surface area contributed by atoms with Crippen LogP contribution in [0.4, 0.5) is 11.5 Å². The Balaban J connectivity index is 1.54. The van der Waals surface area contributed by atoms with E-state index in [4.69, 9.17) is 16.3 Å². The van der Waals surface area contributed by atoms with E-state index in [-0.39, 0.29) is 5.69 Å². The predicted octanol–water partition coefficient (Wildman–Crippen LogP) is 4.11. The minimum absolute atomic E-state index is 0.0581. The number of hydrogen-bond donors (Lipinski definition) is 1. The highest BCUT2D eigenvalue weighted by Crippen LogP contribution is 2.25. The second kappa shape index (κ2) is 9.82. The van der Waals surface area contributed by atoms with E-state index in [1.54, 1.807) is 24.3 Å². The molecule has 1 fully saturated rings. The largest absolute Gasteiger partial charge is 0.379 e. The summed E-state index contributed by atoms with van der Waals surface area (Å²) in [5, 5.41) is 15.7. The number of fused-ring (bicyclic) bond motifs is 1. The van der Waals surface area contributed by atoms with Gasteiger partial charge in [0, 0.05) is 48.7 Å². The summed E-state index contributed by atoms with van der Waals surface area (Å²) in [5.74, 6) is 1.27. The molecule has 0 unspecified atom stereocenters. The average molecular weight is 440 g/mol. The van der Waals surface area contributed by atoms with Gasteiger partial charge in [0.05, 0.1) is 23.7 Å². The quantitative estimate of drug-likeness (QED) is 0.437. The maximum Gasteiger partial charge on any atom is 0.269 e. The van der Waals surface area contributed by atoms with Crippen molar-refractivity contribution in [1.82, 2.24) is 14.9 Å². The van der Waals surface area contributed by atoms with Crippen LogP contribution < -0.4 is 5.32 Å². The lowest BCUT2D eigenvalue weighted by molar-refractivity contribution is -0.384. The number of non-ortho nitro benzene ring substituents is 1. The fourth-order valence-electron chi connectivity index (χ4n) is 3.36. The number of nitro groups is 1. The van der Waals surface area contributed by atoms with Crippen molar-refractivity contribution in [3.8, 4) is 0 Å². The topological polar surface area (TPSA) is 93.4 Å². The van der Waals surface area contributed by atoms with Crippen LogP contribution in [0.25, 0.3) is 23.1 Å². The number of benzene rings is 2. The van der Waals surface area contributed by atoms with E-state index in [1.807, 2.05) is 18.2 Å². The first-order valence-corrected chi connectivity index (χ1v) is 10.4. The summed E-state index contributed by atoms with van der Waals surface area (Å²) in [5.41, 5.74) is 1.67. The SMILES string of the molecule is O=[N+]([O-])c1ccc(/C=C/c2nc(NCCN3CCOCC3)c3cc(Cl)ccc3n2)cc1. The monoisotopic (exact) mass is 439 g/mol. The van der Waals surface area contributed by atoms with Crippen LogP contribution in [-0.4, -0.2) is 59.2 Å². The summed E-state index contributed by atoms with van der Waals surface area (Å²) in [6.07, 6.45) is 3.63. The maximum atomic E-state index is 10.8. The molecule has 1 aromatic heterocycles. The smallest absolute Gasteiger partial charge is 0.269 e. The van der Waals surface area contributed by atoms with Crippen molar-refractivity contribution in [2.45, 2.75) is 0 Å². The second-order valence-corrected chi connectivity index (χ2v) is 7.59. The highest BCUT2D eigenvalue weighted by Gasteiger charge is 2.11. The van der Waals surface area contributed by atoms with Gasteiger partial charge in [0.1, 0.15) is 5.82 Å².